The summed E-state index contributed by atoms with van der Waals surface area (Å²) in [4.78, 5) is 12.0. The van der Waals surface area contributed by atoms with Gasteiger partial charge in [-0.15, -0.1) is 11.8 Å². The van der Waals surface area contributed by atoms with Gasteiger partial charge >= 0.3 is 0 Å². The number of carbonyl (C=O) groups excluding carboxylic acids is 1. The topological polar surface area (TPSA) is 55.1 Å². The van der Waals surface area contributed by atoms with E-state index in [1.54, 1.807) is 18.2 Å². The van der Waals surface area contributed by atoms with Gasteiger partial charge in [0.1, 0.15) is 11.6 Å². The molecule has 0 spiro atoms. The number of halogens is 2. The Kier molecular flexibility index (Phi) is 4.80. The highest BCUT2D eigenvalue weighted by molar-refractivity contribution is 8.00. The van der Waals surface area contributed by atoms with Crippen molar-refractivity contribution in [3.8, 4) is 0 Å². The number of hydrogen-bond acceptors (Lipinski definition) is 3. The molecule has 0 aliphatic heterocycles. The third-order valence-corrected chi connectivity index (χ3v) is 3.86. The smallest absolute Gasteiger partial charge is 0.234 e. The average Bonchev–Trinajstić information content (AvgIpc) is 2.42. The lowest BCUT2D eigenvalue weighted by Gasteiger charge is -2.08. The second-order valence-electron chi connectivity index (χ2n) is 4.48. The second kappa shape index (κ2) is 6.58. The molecule has 0 aliphatic carbocycles. The Morgan fingerprint density at radius 1 is 1.24 bits per heavy atom. The molecule has 0 heterocycles. The summed E-state index contributed by atoms with van der Waals surface area (Å²) in [5.41, 5.74) is 7.85. The number of aryl methyl sites for hydroxylation is 1. The number of hydrogen-bond donors (Lipinski definition) is 2. The number of rotatable bonds is 4. The monoisotopic (exact) mass is 308 g/mol. The molecule has 2 aromatic rings. The van der Waals surface area contributed by atoms with E-state index in [4.69, 9.17) is 5.73 Å². The predicted molar refractivity (Wildman–Crippen MR) is 81.3 cm³/mol. The van der Waals surface area contributed by atoms with Crippen molar-refractivity contribution < 1.29 is 13.6 Å². The minimum absolute atomic E-state index is 0.0241. The van der Waals surface area contributed by atoms with Crippen LogP contribution < -0.4 is 11.1 Å². The van der Waals surface area contributed by atoms with E-state index in [9.17, 15) is 13.6 Å². The fourth-order valence-corrected chi connectivity index (χ4v) is 2.37. The maximum Gasteiger partial charge on any atom is 0.234 e. The van der Waals surface area contributed by atoms with Gasteiger partial charge in [0.15, 0.2) is 0 Å². The number of thioether (sulfide) groups is 1. The molecule has 110 valence electrons. The Morgan fingerprint density at radius 3 is 2.67 bits per heavy atom. The number of nitrogens with one attached hydrogen (secondary N) is 1. The van der Waals surface area contributed by atoms with E-state index in [0.717, 1.165) is 29.5 Å². The van der Waals surface area contributed by atoms with Crippen molar-refractivity contribution in [3.05, 3.63) is 53.6 Å². The van der Waals surface area contributed by atoms with Crippen molar-refractivity contribution in [2.45, 2.75) is 11.8 Å². The highest BCUT2D eigenvalue weighted by Gasteiger charge is 2.08. The molecule has 0 bridgehead atoms. The van der Waals surface area contributed by atoms with Crippen molar-refractivity contribution in [2.75, 3.05) is 16.8 Å². The molecule has 0 saturated heterocycles. The van der Waals surface area contributed by atoms with Gasteiger partial charge in [0.25, 0.3) is 0 Å². The summed E-state index contributed by atoms with van der Waals surface area (Å²) >= 11 is 1.01. The third-order valence-electron chi connectivity index (χ3n) is 2.82. The highest BCUT2D eigenvalue weighted by atomic mass is 32.2. The molecule has 0 unspecified atom stereocenters. The van der Waals surface area contributed by atoms with Crippen LogP contribution in [0.25, 0.3) is 0 Å². The van der Waals surface area contributed by atoms with Crippen LogP contribution in [0.3, 0.4) is 0 Å². The average molecular weight is 308 g/mol. The Morgan fingerprint density at radius 2 is 2.00 bits per heavy atom. The van der Waals surface area contributed by atoms with Gasteiger partial charge in [-0.3, -0.25) is 4.79 Å². The third kappa shape index (κ3) is 4.19. The van der Waals surface area contributed by atoms with Crippen molar-refractivity contribution in [1.29, 1.82) is 0 Å². The number of benzene rings is 2. The predicted octanol–water partition coefficient (Wildman–Crippen LogP) is 3.59. The number of anilines is 2. The maximum absolute atomic E-state index is 13.4. The molecule has 0 aliphatic rings. The van der Waals surface area contributed by atoms with Crippen LogP contribution in [0.4, 0.5) is 20.2 Å². The number of carbonyl (C=O) groups is 1. The molecule has 3 nitrogen and oxygen atoms in total. The Balaban J connectivity index is 1.94. The Hall–Kier alpha value is -2.08. The first-order valence-electron chi connectivity index (χ1n) is 6.19. The molecule has 0 fully saturated rings. The summed E-state index contributed by atoms with van der Waals surface area (Å²) in [5, 5.41) is 2.67. The minimum atomic E-state index is -0.674. The van der Waals surface area contributed by atoms with E-state index in [-0.39, 0.29) is 16.6 Å². The van der Waals surface area contributed by atoms with Gasteiger partial charge in [0.2, 0.25) is 5.91 Å². The molecule has 21 heavy (non-hydrogen) atoms. The quantitative estimate of drug-likeness (QED) is 0.670. The molecule has 3 N–H and O–H groups in total. The summed E-state index contributed by atoms with van der Waals surface area (Å²) in [6.07, 6.45) is 0. The van der Waals surface area contributed by atoms with Crippen LogP contribution in [0.2, 0.25) is 0 Å². The maximum atomic E-state index is 13.4. The lowest BCUT2D eigenvalue weighted by atomic mass is 10.2. The van der Waals surface area contributed by atoms with E-state index in [2.05, 4.69) is 5.32 Å². The van der Waals surface area contributed by atoms with Crippen LogP contribution in [0.5, 0.6) is 0 Å². The van der Waals surface area contributed by atoms with Crippen LogP contribution in [0, 0.1) is 18.6 Å². The van der Waals surface area contributed by atoms with Gasteiger partial charge < -0.3 is 11.1 Å². The first-order chi connectivity index (χ1) is 9.95. The van der Waals surface area contributed by atoms with Gasteiger partial charge in [-0.25, -0.2) is 8.78 Å². The first kappa shape index (κ1) is 15.3. The number of nitrogen functional groups attached to an aromatic ring is 1. The largest absolute Gasteiger partial charge is 0.398 e. The van der Waals surface area contributed by atoms with E-state index in [1.165, 1.54) is 6.07 Å². The van der Waals surface area contributed by atoms with Gasteiger partial charge in [-0.05, 0) is 36.8 Å². The molecule has 1 amide bonds. The fraction of sp³-hybridized carbons (Fsp3) is 0.133. The summed E-state index contributed by atoms with van der Waals surface area (Å²) in [7, 11) is 0. The van der Waals surface area contributed by atoms with Crippen LogP contribution in [-0.2, 0) is 4.79 Å². The lowest BCUT2D eigenvalue weighted by Crippen LogP contribution is -2.14. The van der Waals surface area contributed by atoms with Crippen molar-refractivity contribution in [3.63, 3.8) is 0 Å². The van der Waals surface area contributed by atoms with E-state index in [0.29, 0.717) is 11.4 Å². The van der Waals surface area contributed by atoms with Crippen LogP contribution in [-0.4, -0.2) is 11.7 Å². The molecular weight excluding hydrogens is 294 g/mol. The molecule has 6 heteroatoms. The fourth-order valence-electron chi connectivity index (χ4n) is 1.65. The summed E-state index contributed by atoms with van der Waals surface area (Å²) in [6, 6.07) is 8.47. The van der Waals surface area contributed by atoms with Gasteiger partial charge in [-0.1, -0.05) is 6.07 Å². The molecule has 2 aromatic carbocycles. The van der Waals surface area contributed by atoms with E-state index >= 15 is 0 Å². The standard InChI is InChI=1S/C15H14F2N2OS/c1-9-2-4-11(7-13(9)18)19-15(20)8-21-14-5-3-10(16)6-12(14)17/h2-7H,8,18H2,1H3,(H,19,20). The molecule has 0 atom stereocenters. The molecule has 0 saturated carbocycles. The van der Waals surface area contributed by atoms with E-state index in [1.807, 2.05) is 6.92 Å². The van der Waals surface area contributed by atoms with E-state index < -0.39 is 11.6 Å². The zero-order valence-electron chi connectivity index (χ0n) is 11.3. The zero-order chi connectivity index (χ0) is 15.4. The molecule has 0 aromatic heterocycles. The number of amides is 1. The Bertz CT molecular complexity index is 677. The summed E-state index contributed by atoms with van der Waals surface area (Å²) in [6.45, 7) is 1.87. The van der Waals surface area contributed by atoms with Gasteiger partial charge in [0, 0.05) is 22.3 Å². The number of nitrogens with two attached hydrogens (primary N) is 1. The molecule has 2 rings (SSSR count). The minimum Gasteiger partial charge on any atom is -0.398 e. The molecule has 0 radical (unpaired) electrons. The van der Waals surface area contributed by atoms with Crippen molar-refractivity contribution in [1.82, 2.24) is 0 Å². The van der Waals surface area contributed by atoms with Crippen LogP contribution in [0.15, 0.2) is 41.3 Å². The van der Waals surface area contributed by atoms with Crippen LogP contribution >= 0.6 is 11.8 Å². The van der Waals surface area contributed by atoms with Gasteiger partial charge in [0.05, 0.1) is 5.75 Å². The van der Waals surface area contributed by atoms with Gasteiger partial charge in [-0.2, -0.15) is 0 Å². The molecular formula is C15H14F2N2OS. The van der Waals surface area contributed by atoms with Crippen LogP contribution in [0.1, 0.15) is 5.56 Å². The second-order valence-corrected chi connectivity index (χ2v) is 5.50. The van der Waals surface area contributed by atoms with Crippen molar-refractivity contribution in [2.24, 2.45) is 0 Å². The summed E-state index contributed by atoms with van der Waals surface area (Å²) < 4.78 is 26.2. The lowest BCUT2D eigenvalue weighted by molar-refractivity contribution is -0.113. The zero-order valence-corrected chi connectivity index (χ0v) is 12.1. The first-order valence-corrected chi connectivity index (χ1v) is 7.18. The normalized spacial score (nSPS) is 10.4. The highest BCUT2D eigenvalue weighted by Crippen LogP contribution is 2.23. The summed E-state index contributed by atoms with van der Waals surface area (Å²) in [5.74, 6) is -1.58. The van der Waals surface area contributed by atoms with Crippen molar-refractivity contribution >= 4 is 29.0 Å². The SMILES string of the molecule is Cc1ccc(NC(=O)CSc2ccc(F)cc2F)cc1N. The Labute approximate surface area is 125 Å².